The van der Waals surface area contributed by atoms with E-state index in [4.69, 9.17) is 0 Å². The molecule has 0 amide bonds. The van der Waals surface area contributed by atoms with Gasteiger partial charge < -0.3 is 0 Å². The summed E-state index contributed by atoms with van der Waals surface area (Å²) in [5.41, 5.74) is 0.975. The normalized spacial score (nSPS) is 12.7. The summed E-state index contributed by atoms with van der Waals surface area (Å²) in [6.07, 6.45) is 2.78. The first-order chi connectivity index (χ1) is 10.8. The Balaban J connectivity index is 1.72. The predicted octanol–water partition coefficient (Wildman–Crippen LogP) is 2.35. The molecule has 1 atom stereocenters. The minimum Gasteiger partial charge on any atom is -0.296 e. The molecule has 2 heterocycles. The largest absolute Gasteiger partial charge is 0.296 e. The first kappa shape index (κ1) is 14.8. The van der Waals surface area contributed by atoms with Crippen molar-refractivity contribution in [2.24, 2.45) is 0 Å². The van der Waals surface area contributed by atoms with Gasteiger partial charge in [0.25, 0.3) is 0 Å². The second kappa shape index (κ2) is 6.76. The lowest BCUT2D eigenvalue weighted by atomic mass is 10.2. The number of tetrazole rings is 1. The first-order valence-electron chi connectivity index (χ1n) is 7.18. The van der Waals surface area contributed by atoms with Crippen LogP contribution in [0.1, 0.15) is 23.8 Å². The highest BCUT2D eigenvalue weighted by Gasteiger charge is 2.19. The molecule has 0 fully saturated rings. The molecule has 1 aromatic carbocycles. The van der Waals surface area contributed by atoms with Gasteiger partial charge in [0.05, 0.1) is 16.7 Å². The predicted molar refractivity (Wildman–Crippen MR) is 86.0 cm³/mol. The summed E-state index contributed by atoms with van der Waals surface area (Å²) < 4.78 is 1.80. The summed E-state index contributed by atoms with van der Waals surface area (Å²) in [5, 5.41) is 15.3. The van der Waals surface area contributed by atoms with Crippen LogP contribution in [-0.4, -0.2) is 43.7 Å². The number of hydrogen-bond acceptors (Lipinski definition) is 6. The standard InChI is InChI=1S/C15H18N6S/c1-12(20(2)10-8-14-16-9-11-22-14)15-17-18-19-21(15)13-6-4-3-5-7-13/h3-7,9,11-12H,8,10H2,1-2H3/t12-/m0/s1. The number of thiazole rings is 1. The Morgan fingerprint density at radius 1 is 1.27 bits per heavy atom. The minimum atomic E-state index is 0.121. The van der Waals surface area contributed by atoms with Gasteiger partial charge in [0.2, 0.25) is 0 Å². The summed E-state index contributed by atoms with van der Waals surface area (Å²) in [7, 11) is 2.09. The fraction of sp³-hybridized carbons (Fsp3) is 0.333. The molecule has 7 heteroatoms. The van der Waals surface area contributed by atoms with Crippen molar-refractivity contribution in [2.75, 3.05) is 13.6 Å². The monoisotopic (exact) mass is 314 g/mol. The molecule has 114 valence electrons. The van der Waals surface area contributed by atoms with E-state index in [1.54, 1.807) is 16.0 Å². The maximum atomic E-state index is 4.32. The van der Waals surface area contributed by atoms with Crippen molar-refractivity contribution >= 4 is 11.3 Å². The zero-order valence-corrected chi connectivity index (χ0v) is 13.4. The number of para-hydroxylation sites is 1. The molecule has 0 aliphatic rings. The van der Waals surface area contributed by atoms with Gasteiger partial charge in [-0.3, -0.25) is 4.90 Å². The molecule has 2 aromatic heterocycles. The summed E-state index contributed by atoms with van der Waals surface area (Å²) in [6, 6.07) is 10.1. The van der Waals surface area contributed by atoms with Crippen molar-refractivity contribution < 1.29 is 0 Å². The summed E-state index contributed by atoms with van der Waals surface area (Å²) in [4.78, 5) is 6.56. The molecule has 0 aliphatic carbocycles. The van der Waals surface area contributed by atoms with Crippen LogP contribution in [0.5, 0.6) is 0 Å². The third kappa shape index (κ3) is 3.20. The Morgan fingerprint density at radius 2 is 2.09 bits per heavy atom. The lowest BCUT2D eigenvalue weighted by Gasteiger charge is -2.23. The second-order valence-electron chi connectivity index (χ2n) is 5.12. The van der Waals surface area contributed by atoms with Crippen LogP contribution >= 0.6 is 11.3 Å². The molecule has 0 bridgehead atoms. The van der Waals surface area contributed by atoms with E-state index < -0.39 is 0 Å². The number of benzene rings is 1. The topological polar surface area (TPSA) is 59.7 Å². The number of hydrogen-bond donors (Lipinski definition) is 0. The lowest BCUT2D eigenvalue weighted by Crippen LogP contribution is -2.27. The van der Waals surface area contributed by atoms with Gasteiger partial charge in [0.15, 0.2) is 5.82 Å². The highest BCUT2D eigenvalue weighted by atomic mass is 32.1. The van der Waals surface area contributed by atoms with Crippen LogP contribution in [0.3, 0.4) is 0 Å². The average Bonchev–Trinajstić information content (AvgIpc) is 3.24. The van der Waals surface area contributed by atoms with E-state index in [1.807, 2.05) is 41.9 Å². The van der Waals surface area contributed by atoms with Gasteiger partial charge in [-0.25, -0.2) is 4.98 Å². The molecule has 3 aromatic rings. The molecule has 0 saturated carbocycles. The van der Waals surface area contributed by atoms with Gasteiger partial charge in [-0.15, -0.1) is 16.4 Å². The van der Waals surface area contributed by atoms with E-state index in [1.165, 1.54) is 0 Å². The molecule has 0 saturated heterocycles. The highest BCUT2D eigenvalue weighted by molar-refractivity contribution is 7.09. The van der Waals surface area contributed by atoms with E-state index in [2.05, 4.69) is 39.4 Å². The van der Waals surface area contributed by atoms with Crippen LogP contribution in [0.25, 0.3) is 5.69 Å². The summed E-state index contributed by atoms with van der Waals surface area (Å²) in [6.45, 7) is 3.03. The van der Waals surface area contributed by atoms with E-state index in [0.29, 0.717) is 0 Å². The van der Waals surface area contributed by atoms with Crippen LogP contribution in [0, 0.1) is 0 Å². The fourth-order valence-electron chi connectivity index (χ4n) is 2.25. The van der Waals surface area contributed by atoms with Crippen LogP contribution in [0.4, 0.5) is 0 Å². The fourth-order valence-corrected chi connectivity index (χ4v) is 2.86. The third-order valence-corrected chi connectivity index (χ3v) is 4.53. The Labute approximate surface area is 133 Å². The van der Waals surface area contributed by atoms with E-state index in [9.17, 15) is 0 Å². The summed E-state index contributed by atoms with van der Waals surface area (Å²) >= 11 is 1.69. The van der Waals surface area contributed by atoms with Gasteiger partial charge in [-0.2, -0.15) is 4.68 Å². The van der Waals surface area contributed by atoms with Crippen molar-refractivity contribution in [3.63, 3.8) is 0 Å². The minimum absolute atomic E-state index is 0.121. The molecular formula is C15H18N6S. The van der Waals surface area contributed by atoms with Crippen LogP contribution in [0.2, 0.25) is 0 Å². The number of rotatable bonds is 6. The van der Waals surface area contributed by atoms with Gasteiger partial charge in [-0.1, -0.05) is 18.2 Å². The van der Waals surface area contributed by atoms with Crippen molar-refractivity contribution in [1.29, 1.82) is 0 Å². The molecule has 0 aliphatic heterocycles. The average molecular weight is 314 g/mol. The zero-order valence-electron chi connectivity index (χ0n) is 12.6. The maximum absolute atomic E-state index is 4.32. The molecule has 6 nitrogen and oxygen atoms in total. The molecule has 22 heavy (non-hydrogen) atoms. The Kier molecular flexibility index (Phi) is 4.55. The molecule has 3 rings (SSSR count). The van der Waals surface area contributed by atoms with Gasteiger partial charge in [0, 0.05) is 24.5 Å². The van der Waals surface area contributed by atoms with Crippen molar-refractivity contribution in [2.45, 2.75) is 19.4 Å². The first-order valence-corrected chi connectivity index (χ1v) is 8.06. The van der Waals surface area contributed by atoms with Gasteiger partial charge in [0.1, 0.15) is 0 Å². The molecule has 0 unspecified atom stereocenters. The molecular weight excluding hydrogens is 296 g/mol. The van der Waals surface area contributed by atoms with Crippen molar-refractivity contribution in [3.05, 3.63) is 52.7 Å². The highest BCUT2D eigenvalue weighted by Crippen LogP contribution is 2.19. The van der Waals surface area contributed by atoms with E-state index in [0.717, 1.165) is 29.5 Å². The molecule has 0 spiro atoms. The third-order valence-electron chi connectivity index (χ3n) is 3.69. The SMILES string of the molecule is C[C@@H](c1nnnn1-c1ccccc1)N(C)CCc1nccs1. The van der Waals surface area contributed by atoms with E-state index in [-0.39, 0.29) is 6.04 Å². The molecule has 0 N–H and O–H groups in total. The quantitative estimate of drug-likeness (QED) is 0.699. The number of likely N-dealkylation sites (N-methyl/N-ethyl adjacent to an activating group) is 1. The van der Waals surface area contributed by atoms with Gasteiger partial charge >= 0.3 is 0 Å². The Bertz CT molecular complexity index is 694. The number of nitrogens with zero attached hydrogens (tertiary/aromatic N) is 6. The van der Waals surface area contributed by atoms with Gasteiger partial charge in [-0.05, 0) is 36.5 Å². The zero-order chi connectivity index (χ0) is 15.4. The van der Waals surface area contributed by atoms with Crippen molar-refractivity contribution in [1.82, 2.24) is 30.1 Å². The van der Waals surface area contributed by atoms with Crippen LogP contribution < -0.4 is 0 Å². The maximum Gasteiger partial charge on any atom is 0.173 e. The number of aromatic nitrogens is 5. The Hall–Kier alpha value is -2.12. The van der Waals surface area contributed by atoms with E-state index >= 15 is 0 Å². The summed E-state index contributed by atoms with van der Waals surface area (Å²) in [5.74, 6) is 0.841. The van der Waals surface area contributed by atoms with Crippen LogP contribution in [0.15, 0.2) is 41.9 Å². The smallest absolute Gasteiger partial charge is 0.173 e. The molecule has 0 radical (unpaired) electrons. The van der Waals surface area contributed by atoms with Crippen molar-refractivity contribution in [3.8, 4) is 5.69 Å². The lowest BCUT2D eigenvalue weighted by molar-refractivity contribution is 0.252. The van der Waals surface area contributed by atoms with Crippen LogP contribution in [-0.2, 0) is 6.42 Å². The Morgan fingerprint density at radius 3 is 2.82 bits per heavy atom. The second-order valence-corrected chi connectivity index (χ2v) is 6.10.